The fraction of sp³-hybridized carbons (Fsp3) is 0.833. The topological polar surface area (TPSA) is 105 Å². The number of carbonyl (C=O) groups excluding carboxylic acids is 1. The molecule has 3 unspecified atom stereocenters. The zero-order valence-electron chi connectivity index (χ0n) is 33.8. The standard InChI is InChI=1S/C42H81N2O6P/c1-6-8-10-12-14-16-17-18-19-20-21-22-23-24-25-26-28-30-32-34-36-42(46)43-40(39-50-51(47,48)49-38-37-44(3,4)5)41(45)35-33-31-29-27-15-13-11-9-7-2/h15,21-22,27,33,35,40-41,45H,6-14,16-20,23-26,28-32,34,36-39H2,1-5H3,(H-,43,46,47,48)/p+1/b22-21-,27-15+,35-33+. The van der Waals surface area contributed by atoms with E-state index in [1.54, 1.807) is 6.08 Å². The lowest BCUT2D eigenvalue weighted by Gasteiger charge is -2.25. The molecule has 8 nitrogen and oxygen atoms in total. The Hall–Kier alpha value is -1.28. The van der Waals surface area contributed by atoms with Gasteiger partial charge in [0.05, 0.1) is 39.9 Å². The molecule has 0 aromatic heterocycles. The number of unbranched alkanes of at least 4 members (excludes halogenated alkanes) is 20. The maximum absolute atomic E-state index is 12.8. The molecule has 0 aromatic rings. The highest BCUT2D eigenvalue weighted by Gasteiger charge is 2.27. The van der Waals surface area contributed by atoms with E-state index in [0.717, 1.165) is 38.5 Å². The summed E-state index contributed by atoms with van der Waals surface area (Å²) >= 11 is 0. The van der Waals surface area contributed by atoms with Crippen molar-refractivity contribution in [3.05, 3.63) is 36.5 Å². The summed E-state index contributed by atoms with van der Waals surface area (Å²) in [7, 11) is 1.55. The van der Waals surface area contributed by atoms with E-state index in [-0.39, 0.29) is 19.1 Å². The summed E-state index contributed by atoms with van der Waals surface area (Å²) in [5, 5.41) is 13.7. The van der Waals surface area contributed by atoms with Gasteiger partial charge in [0.1, 0.15) is 13.2 Å². The quantitative estimate of drug-likeness (QED) is 0.0253. The molecule has 0 aliphatic rings. The number of aliphatic hydroxyl groups is 1. The Bertz CT molecular complexity index is 933. The van der Waals surface area contributed by atoms with Gasteiger partial charge in [0.25, 0.3) is 0 Å². The SMILES string of the molecule is CCCCC/C=C/CC/C=C/C(O)C(COP(=O)(O)OCC[N+](C)(C)C)NC(=O)CCCCCCCCC/C=C\CCCCCCCCCCC. The molecule has 0 aliphatic carbocycles. The average molecular weight is 742 g/mol. The van der Waals surface area contributed by atoms with E-state index >= 15 is 0 Å². The minimum absolute atomic E-state index is 0.0548. The van der Waals surface area contributed by atoms with Gasteiger partial charge in [-0.25, -0.2) is 4.57 Å². The maximum Gasteiger partial charge on any atom is 0.472 e. The third-order valence-electron chi connectivity index (χ3n) is 9.08. The van der Waals surface area contributed by atoms with Crippen molar-refractivity contribution in [2.75, 3.05) is 40.9 Å². The molecule has 0 saturated heterocycles. The molecule has 9 heteroatoms. The number of amides is 1. The number of rotatable bonds is 37. The third kappa shape index (κ3) is 36.9. The fourth-order valence-electron chi connectivity index (χ4n) is 5.70. The van der Waals surface area contributed by atoms with E-state index in [9.17, 15) is 19.4 Å². The monoisotopic (exact) mass is 742 g/mol. The lowest BCUT2D eigenvalue weighted by molar-refractivity contribution is -0.870. The summed E-state index contributed by atoms with van der Waals surface area (Å²) in [4.78, 5) is 23.0. The molecule has 0 spiro atoms. The highest BCUT2D eigenvalue weighted by Crippen LogP contribution is 2.43. The predicted molar refractivity (Wildman–Crippen MR) is 217 cm³/mol. The van der Waals surface area contributed by atoms with E-state index in [4.69, 9.17) is 9.05 Å². The summed E-state index contributed by atoms with van der Waals surface area (Å²) in [6.07, 6.45) is 40.8. The Balaban J connectivity index is 4.34. The molecular weight excluding hydrogens is 659 g/mol. The summed E-state index contributed by atoms with van der Waals surface area (Å²) in [6, 6.07) is -0.861. The van der Waals surface area contributed by atoms with Gasteiger partial charge >= 0.3 is 7.82 Å². The molecule has 300 valence electrons. The zero-order valence-corrected chi connectivity index (χ0v) is 34.7. The number of hydrogen-bond acceptors (Lipinski definition) is 5. The van der Waals surface area contributed by atoms with Gasteiger partial charge in [-0.15, -0.1) is 0 Å². The van der Waals surface area contributed by atoms with Crippen molar-refractivity contribution in [1.82, 2.24) is 5.32 Å². The van der Waals surface area contributed by atoms with Crippen molar-refractivity contribution in [2.45, 2.75) is 187 Å². The Morgan fingerprint density at radius 2 is 1.08 bits per heavy atom. The Kier molecular flexibility index (Phi) is 33.6. The first-order valence-corrected chi connectivity index (χ1v) is 22.4. The van der Waals surface area contributed by atoms with Crippen LogP contribution in [0.5, 0.6) is 0 Å². The number of likely N-dealkylation sites (N-methyl/N-ethyl adjacent to an activating group) is 1. The molecule has 0 aliphatic heterocycles. The van der Waals surface area contributed by atoms with E-state index in [1.165, 1.54) is 116 Å². The van der Waals surface area contributed by atoms with Crippen LogP contribution in [0.4, 0.5) is 0 Å². The van der Waals surface area contributed by atoms with Crippen LogP contribution in [-0.2, 0) is 18.4 Å². The van der Waals surface area contributed by atoms with E-state index in [2.05, 4.69) is 43.5 Å². The van der Waals surface area contributed by atoms with Crippen molar-refractivity contribution in [2.24, 2.45) is 0 Å². The first-order chi connectivity index (χ1) is 24.5. The van der Waals surface area contributed by atoms with E-state index < -0.39 is 20.0 Å². The van der Waals surface area contributed by atoms with Gasteiger partial charge in [0, 0.05) is 6.42 Å². The largest absolute Gasteiger partial charge is 0.472 e. The van der Waals surface area contributed by atoms with E-state index in [0.29, 0.717) is 17.4 Å². The number of carbonyl (C=O) groups is 1. The molecule has 0 heterocycles. The lowest BCUT2D eigenvalue weighted by Crippen LogP contribution is -2.45. The van der Waals surface area contributed by atoms with E-state index in [1.807, 2.05) is 27.2 Å². The number of quaternary nitrogens is 1. The number of nitrogens with one attached hydrogen (secondary N) is 1. The van der Waals surface area contributed by atoms with Gasteiger partial charge in [-0.05, 0) is 57.8 Å². The van der Waals surface area contributed by atoms with Crippen LogP contribution >= 0.6 is 7.82 Å². The van der Waals surface area contributed by atoms with Gasteiger partial charge in [-0.2, -0.15) is 0 Å². The molecular formula is C42H82N2O6P+. The molecule has 3 atom stereocenters. The van der Waals surface area contributed by atoms with Crippen LogP contribution in [0.2, 0.25) is 0 Å². The smallest absolute Gasteiger partial charge is 0.387 e. The number of nitrogens with zero attached hydrogens (tertiary/aromatic N) is 1. The molecule has 3 N–H and O–H groups in total. The molecule has 0 aromatic carbocycles. The fourth-order valence-corrected chi connectivity index (χ4v) is 6.43. The van der Waals surface area contributed by atoms with Crippen LogP contribution in [-0.4, -0.2) is 73.4 Å². The van der Waals surface area contributed by atoms with Crippen molar-refractivity contribution in [1.29, 1.82) is 0 Å². The van der Waals surface area contributed by atoms with Gasteiger partial charge in [-0.3, -0.25) is 13.8 Å². The van der Waals surface area contributed by atoms with Crippen LogP contribution in [0.25, 0.3) is 0 Å². The number of allylic oxidation sites excluding steroid dienone is 5. The third-order valence-corrected chi connectivity index (χ3v) is 10.1. The van der Waals surface area contributed by atoms with Crippen LogP contribution < -0.4 is 5.32 Å². The Labute approximate surface area is 315 Å². The summed E-state index contributed by atoms with van der Waals surface area (Å²) in [5.74, 6) is -0.195. The molecule has 0 radical (unpaired) electrons. The Morgan fingerprint density at radius 3 is 1.61 bits per heavy atom. The number of phosphoric acid groups is 1. The molecule has 0 saturated carbocycles. The van der Waals surface area contributed by atoms with Gasteiger partial charge in [0.2, 0.25) is 5.91 Å². The van der Waals surface area contributed by atoms with Crippen molar-refractivity contribution < 1.29 is 32.9 Å². The lowest BCUT2D eigenvalue weighted by atomic mass is 10.1. The first kappa shape index (κ1) is 49.7. The van der Waals surface area contributed by atoms with Crippen LogP contribution in [0, 0.1) is 0 Å². The molecule has 1 amide bonds. The van der Waals surface area contributed by atoms with Crippen molar-refractivity contribution >= 4 is 13.7 Å². The molecule has 0 rings (SSSR count). The zero-order chi connectivity index (χ0) is 37.9. The average Bonchev–Trinajstić information content (AvgIpc) is 3.07. The van der Waals surface area contributed by atoms with Gasteiger partial charge < -0.3 is 19.8 Å². The van der Waals surface area contributed by atoms with Crippen molar-refractivity contribution in [3.8, 4) is 0 Å². The first-order valence-electron chi connectivity index (χ1n) is 20.9. The second-order valence-electron chi connectivity index (χ2n) is 15.4. The minimum atomic E-state index is -4.34. The van der Waals surface area contributed by atoms with Crippen molar-refractivity contribution in [3.63, 3.8) is 0 Å². The van der Waals surface area contributed by atoms with Crippen LogP contribution in [0.3, 0.4) is 0 Å². The predicted octanol–water partition coefficient (Wildman–Crippen LogP) is 11.1. The highest BCUT2D eigenvalue weighted by atomic mass is 31.2. The van der Waals surface area contributed by atoms with Gasteiger partial charge in [-0.1, -0.05) is 147 Å². The Morgan fingerprint density at radius 1 is 0.647 bits per heavy atom. The summed E-state index contributed by atoms with van der Waals surface area (Å²) in [5.41, 5.74) is 0. The number of aliphatic hydroxyl groups excluding tert-OH is 1. The second-order valence-corrected chi connectivity index (χ2v) is 16.8. The second kappa shape index (κ2) is 34.5. The molecule has 0 fully saturated rings. The molecule has 51 heavy (non-hydrogen) atoms. The summed E-state index contributed by atoms with van der Waals surface area (Å²) < 4.78 is 23.4. The normalized spacial score (nSPS) is 14.9. The number of hydrogen-bond donors (Lipinski definition) is 3. The summed E-state index contributed by atoms with van der Waals surface area (Å²) in [6.45, 7) is 4.72. The minimum Gasteiger partial charge on any atom is -0.387 e. The van der Waals surface area contributed by atoms with Crippen LogP contribution in [0.1, 0.15) is 174 Å². The molecule has 0 bridgehead atoms. The highest BCUT2D eigenvalue weighted by molar-refractivity contribution is 7.47. The maximum atomic E-state index is 12.8. The van der Waals surface area contributed by atoms with Crippen LogP contribution in [0.15, 0.2) is 36.5 Å². The number of phosphoric ester groups is 1. The van der Waals surface area contributed by atoms with Gasteiger partial charge in [0.15, 0.2) is 0 Å².